The second-order valence-electron chi connectivity index (χ2n) is 9.25. The predicted molar refractivity (Wildman–Crippen MR) is 118 cm³/mol. The van der Waals surface area contributed by atoms with Crippen LogP contribution in [0.15, 0.2) is 36.1 Å². The molecule has 0 aromatic carbocycles. The van der Waals surface area contributed by atoms with Crippen molar-refractivity contribution in [3.8, 4) is 0 Å². The van der Waals surface area contributed by atoms with E-state index < -0.39 is 20.4 Å². The van der Waals surface area contributed by atoms with Crippen LogP contribution in [0.5, 0.6) is 0 Å². The van der Waals surface area contributed by atoms with Gasteiger partial charge in [-0.2, -0.15) is 0 Å². The van der Waals surface area contributed by atoms with Crippen molar-refractivity contribution < 1.29 is 28.7 Å². The highest BCUT2D eigenvalue weighted by Crippen LogP contribution is 2.45. The third kappa shape index (κ3) is 4.77. The first-order valence-corrected chi connectivity index (χ1v) is 14.2. The highest BCUT2D eigenvalue weighted by Gasteiger charge is 2.57. The van der Waals surface area contributed by atoms with Crippen LogP contribution in [-0.2, 0) is 18.8 Å². The van der Waals surface area contributed by atoms with Crippen LogP contribution in [0.3, 0.4) is 0 Å². The van der Waals surface area contributed by atoms with E-state index in [0.717, 1.165) is 12.8 Å². The number of carboxylic acid groups (broad SMARTS) is 1. The zero-order valence-electron chi connectivity index (χ0n) is 18.7. The zero-order chi connectivity index (χ0) is 22.9. The van der Waals surface area contributed by atoms with E-state index in [1.54, 1.807) is 11.0 Å². The molecule has 0 aromatic heterocycles. The molecule has 3 aliphatic rings. The van der Waals surface area contributed by atoms with Gasteiger partial charge < -0.3 is 24.1 Å². The van der Waals surface area contributed by atoms with Crippen LogP contribution in [0.1, 0.15) is 26.2 Å². The second kappa shape index (κ2) is 9.00. The van der Waals surface area contributed by atoms with E-state index in [0.29, 0.717) is 18.5 Å². The smallest absolute Gasteiger partial charge is 0.410 e. The molecule has 31 heavy (non-hydrogen) atoms. The summed E-state index contributed by atoms with van der Waals surface area (Å²) in [6, 6.07) is -0.351. The van der Waals surface area contributed by atoms with E-state index in [-0.39, 0.29) is 42.3 Å². The van der Waals surface area contributed by atoms with E-state index in [1.165, 1.54) is 11.0 Å². The summed E-state index contributed by atoms with van der Waals surface area (Å²) in [5, 5.41) is 9.76. The Morgan fingerprint density at radius 2 is 2.06 bits per heavy atom. The van der Waals surface area contributed by atoms with Crippen LogP contribution in [0, 0.1) is 5.92 Å². The van der Waals surface area contributed by atoms with Gasteiger partial charge in [0.2, 0.25) is 5.91 Å². The van der Waals surface area contributed by atoms with Gasteiger partial charge in [-0.05, 0) is 51.4 Å². The average molecular weight is 449 g/mol. The standard InChI is InChI=1S/C22H32N2O6Si/c1-6-12-29-22(28)23-11-7-8-16(23)10-9-15-13-17-18(14(2)30-31(3,4)5)20(25)24(17)19(15)21(26)27/h6,9-10,14,16-18H,1,7-8,11-13H2,2-5H3,(H,26,27)/t14-,16+,17-,18-/m1/s1. The summed E-state index contributed by atoms with van der Waals surface area (Å²) in [4.78, 5) is 40.0. The maximum absolute atomic E-state index is 12.8. The molecule has 0 unspecified atom stereocenters. The molecule has 9 heteroatoms. The molecule has 0 aliphatic carbocycles. The van der Waals surface area contributed by atoms with Crippen molar-refractivity contribution in [1.29, 1.82) is 0 Å². The molecular formula is C22H32N2O6Si. The molecule has 1 N–H and O–H groups in total. The minimum Gasteiger partial charge on any atom is -0.477 e. The van der Waals surface area contributed by atoms with Crippen molar-refractivity contribution in [2.75, 3.05) is 13.2 Å². The molecule has 8 nitrogen and oxygen atoms in total. The van der Waals surface area contributed by atoms with Gasteiger partial charge in [0.25, 0.3) is 0 Å². The quantitative estimate of drug-likeness (QED) is 0.348. The lowest BCUT2D eigenvalue weighted by molar-refractivity contribution is -0.160. The van der Waals surface area contributed by atoms with E-state index >= 15 is 0 Å². The number of likely N-dealkylation sites (tertiary alicyclic amines) is 1. The number of β-lactam (4-membered cyclic amide) rings is 1. The largest absolute Gasteiger partial charge is 0.477 e. The summed E-state index contributed by atoms with van der Waals surface area (Å²) in [5.41, 5.74) is 0.654. The first-order chi connectivity index (χ1) is 14.5. The molecule has 2 fully saturated rings. The molecule has 3 heterocycles. The Hall–Kier alpha value is -2.39. The zero-order valence-corrected chi connectivity index (χ0v) is 19.7. The number of hydrogen-bond donors (Lipinski definition) is 1. The minimum absolute atomic E-state index is 0.0430. The highest BCUT2D eigenvalue weighted by atomic mass is 28.4. The summed E-state index contributed by atoms with van der Waals surface area (Å²) in [6.45, 7) is 12.4. The fourth-order valence-corrected chi connectivity index (χ4v) is 5.99. The Morgan fingerprint density at radius 3 is 2.68 bits per heavy atom. The fraction of sp³-hybridized carbons (Fsp3) is 0.591. The number of hydrogen-bond acceptors (Lipinski definition) is 5. The number of rotatable bonds is 8. The number of amides is 2. The molecule has 170 valence electrons. The summed E-state index contributed by atoms with van der Waals surface area (Å²) in [6.07, 6.45) is 6.60. The van der Waals surface area contributed by atoms with Gasteiger partial charge in [-0.1, -0.05) is 24.8 Å². The fourth-order valence-electron chi connectivity index (χ4n) is 4.73. The first kappa shape index (κ1) is 23.3. The third-order valence-corrected chi connectivity index (χ3v) is 6.95. The van der Waals surface area contributed by atoms with Gasteiger partial charge in [-0.15, -0.1) is 0 Å². The van der Waals surface area contributed by atoms with Crippen LogP contribution in [-0.4, -0.2) is 72.5 Å². The van der Waals surface area contributed by atoms with Gasteiger partial charge in [0.05, 0.1) is 24.1 Å². The molecule has 0 aromatic rings. The third-order valence-electron chi connectivity index (χ3n) is 5.87. The van der Waals surface area contributed by atoms with E-state index in [2.05, 4.69) is 26.2 Å². The molecule has 0 bridgehead atoms. The van der Waals surface area contributed by atoms with E-state index in [9.17, 15) is 19.5 Å². The number of carbonyl (C=O) groups is 3. The van der Waals surface area contributed by atoms with Crippen molar-refractivity contribution in [2.45, 2.75) is 64.0 Å². The van der Waals surface area contributed by atoms with Crippen LogP contribution in [0.25, 0.3) is 0 Å². The minimum atomic E-state index is -1.83. The second-order valence-corrected chi connectivity index (χ2v) is 13.7. The van der Waals surface area contributed by atoms with Gasteiger partial charge in [0.1, 0.15) is 12.3 Å². The molecular weight excluding hydrogens is 416 g/mol. The Bertz CT molecular complexity index is 830. The van der Waals surface area contributed by atoms with Crippen molar-refractivity contribution in [2.24, 2.45) is 5.92 Å². The first-order valence-electron chi connectivity index (χ1n) is 10.7. The summed E-state index contributed by atoms with van der Waals surface area (Å²) in [7, 11) is -1.83. The number of aliphatic carboxylic acids is 1. The average Bonchev–Trinajstić information content (AvgIpc) is 3.25. The Kier molecular flexibility index (Phi) is 6.75. The predicted octanol–water partition coefficient (Wildman–Crippen LogP) is 3.14. The normalized spacial score (nSPS) is 26.8. The van der Waals surface area contributed by atoms with E-state index in [4.69, 9.17) is 9.16 Å². The lowest BCUT2D eigenvalue weighted by Gasteiger charge is -2.47. The maximum Gasteiger partial charge on any atom is 0.410 e. The van der Waals surface area contributed by atoms with Crippen LogP contribution in [0.4, 0.5) is 4.79 Å². The van der Waals surface area contributed by atoms with Crippen LogP contribution >= 0.6 is 0 Å². The Balaban J connectivity index is 1.74. The highest BCUT2D eigenvalue weighted by molar-refractivity contribution is 6.69. The molecule has 2 saturated heterocycles. The Morgan fingerprint density at radius 1 is 1.35 bits per heavy atom. The van der Waals surface area contributed by atoms with Crippen LogP contribution < -0.4 is 0 Å². The van der Waals surface area contributed by atoms with Crippen molar-refractivity contribution in [1.82, 2.24) is 9.80 Å². The monoisotopic (exact) mass is 448 g/mol. The van der Waals surface area contributed by atoms with Crippen molar-refractivity contribution >= 4 is 26.3 Å². The summed E-state index contributed by atoms with van der Waals surface area (Å²) in [5.74, 6) is -1.63. The van der Waals surface area contributed by atoms with Gasteiger partial charge in [-0.3, -0.25) is 4.79 Å². The number of allylic oxidation sites excluding steroid dienone is 1. The van der Waals surface area contributed by atoms with Gasteiger partial charge in [-0.25, -0.2) is 9.59 Å². The number of carbonyl (C=O) groups excluding carboxylic acids is 2. The molecule has 0 radical (unpaired) electrons. The number of carboxylic acids is 1. The SMILES string of the molecule is C=CCOC(=O)N1CCC[C@H]1C=CC1=C(C(=O)O)N2C(=O)[C@H]([C@@H](C)O[Si](C)(C)C)[C@H]2C1. The number of nitrogens with zero attached hydrogens (tertiary/aromatic N) is 2. The molecule has 3 aliphatic heterocycles. The topological polar surface area (TPSA) is 96.4 Å². The maximum atomic E-state index is 12.8. The lowest BCUT2D eigenvalue weighted by atomic mass is 9.83. The van der Waals surface area contributed by atoms with Gasteiger partial charge in [0.15, 0.2) is 8.32 Å². The molecule has 0 saturated carbocycles. The molecule has 0 spiro atoms. The number of ether oxygens (including phenoxy) is 1. The molecule has 3 rings (SSSR count). The summed E-state index contributed by atoms with van der Waals surface area (Å²) < 4.78 is 11.2. The van der Waals surface area contributed by atoms with Gasteiger partial charge in [0, 0.05) is 6.54 Å². The van der Waals surface area contributed by atoms with E-state index in [1.807, 2.05) is 13.0 Å². The lowest BCUT2D eigenvalue weighted by Crippen LogP contribution is -2.63. The number of fused-ring (bicyclic) bond motifs is 1. The van der Waals surface area contributed by atoms with Crippen molar-refractivity contribution in [3.05, 3.63) is 36.1 Å². The molecule has 4 atom stereocenters. The van der Waals surface area contributed by atoms with Crippen molar-refractivity contribution in [3.63, 3.8) is 0 Å². The van der Waals surface area contributed by atoms with Crippen LogP contribution in [0.2, 0.25) is 19.6 Å². The Labute approximate surface area is 184 Å². The molecule has 2 amide bonds. The summed E-state index contributed by atoms with van der Waals surface area (Å²) >= 11 is 0. The van der Waals surface area contributed by atoms with Gasteiger partial charge >= 0.3 is 12.1 Å².